The van der Waals surface area contributed by atoms with Gasteiger partial charge < -0.3 is 20.7 Å². The van der Waals surface area contributed by atoms with Crippen LogP contribution >= 0.6 is 0 Å². The molecule has 1 heterocycles. The molecule has 0 bridgehead atoms. The van der Waals surface area contributed by atoms with Crippen LogP contribution in [-0.4, -0.2) is 49.1 Å². The number of pyridine rings is 1. The number of anilines is 2. The molecule has 0 saturated heterocycles. The Bertz CT molecular complexity index is 435. The second-order valence-electron chi connectivity index (χ2n) is 4.58. The monoisotopic (exact) mass is 266 g/mol. The number of hydrogen-bond acceptors (Lipinski definition) is 6. The zero-order valence-corrected chi connectivity index (χ0v) is 11.9. The molecule has 19 heavy (non-hydrogen) atoms. The molecule has 3 N–H and O–H groups in total. The molecule has 1 aromatic rings. The van der Waals surface area contributed by atoms with Crippen molar-refractivity contribution in [2.75, 3.05) is 38.3 Å². The number of nitrogen functional groups attached to an aromatic ring is 1. The average molecular weight is 266 g/mol. The summed E-state index contributed by atoms with van der Waals surface area (Å²) in [6.07, 6.45) is 1.52. The lowest BCUT2D eigenvalue weighted by Gasteiger charge is -2.21. The summed E-state index contributed by atoms with van der Waals surface area (Å²) in [5, 5.41) is 3.15. The quantitative estimate of drug-likeness (QED) is 0.753. The van der Waals surface area contributed by atoms with E-state index in [1.165, 1.54) is 6.20 Å². The van der Waals surface area contributed by atoms with Gasteiger partial charge in [0, 0.05) is 12.6 Å². The number of nitrogens with zero attached hydrogens (tertiary/aromatic N) is 2. The lowest BCUT2D eigenvalue weighted by Crippen LogP contribution is -2.32. The van der Waals surface area contributed by atoms with Crippen LogP contribution in [0.2, 0.25) is 0 Å². The van der Waals surface area contributed by atoms with Gasteiger partial charge in [-0.2, -0.15) is 0 Å². The van der Waals surface area contributed by atoms with Crippen molar-refractivity contribution in [3.8, 4) is 0 Å². The van der Waals surface area contributed by atoms with Gasteiger partial charge in [-0.3, -0.25) is 0 Å². The molecule has 0 aliphatic carbocycles. The van der Waals surface area contributed by atoms with Crippen molar-refractivity contribution in [2.24, 2.45) is 0 Å². The molecule has 0 amide bonds. The van der Waals surface area contributed by atoms with E-state index >= 15 is 0 Å². The summed E-state index contributed by atoms with van der Waals surface area (Å²) < 4.78 is 4.99. The van der Waals surface area contributed by atoms with Crippen LogP contribution in [0, 0.1) is 0 Å². The molecule has 0 aliphatic heterocycles. The summed E-state index contributed by atoms with van der Waals surface area (Å²) in [6, 6.07) is 1.89. The van der Waals surface area contributed by atoms with Crippen molar-refractivity contribution < 1.29 is 9.53 Å². The van der Waals surface area contributed by atoms with Gasteiger partial charge in [0.25, 0.3) is 0 Å². The first-order valence-corrected chi connectivity index (χ1v) is 6.28. The molecule has 0 aromatic carbocycles. The number of hydrogen-bond donors (Lipinski definition) is 2. The summed E-state index contributed by atoms with van der Waals surface area (Å²) in [5.41, 5.74) is 6.47. The molecule has 1 unspecified atom stereocenters. The highest BCUT2D eigenvalue weighted by atomic mass is 16.5. The second kappa shape index (κ2) is 6.94. The van der Waals surface area contributed by atoms with Crippen molar-refractivity contribution in [3.05, 3.63) is 17.8 Å². The second-order valence-corrected chi connectivity index (χ2v) is 4.58. The van der Waals surface area contributed by atoms with E-state index < -0.39 is 5.97 Å². The van der Waals surface area contributed by atoms with Crippen molar-refractivity contribution in [1.82, 2.24) is 9.88 Å². The van der Waals surface area contributed by atoms with Crippen molar-refractivity contribution in [1.29, 1.82) is 0 Å². The lowest BCUT2D eigenvalue weighted by atomic mass is 10.2. The van der Waals surface area contributed by atoms with Crippen molar-refractivity contribution in [3.63, 3.8) is 0 Å². The van der Waals surface area contributed by atoms with Gasteiger partial charge in [0.15, 0.2) is 0 Å². The summed E-state index contributed by atoms with van der Waals surface area (Å²) in [6.45, 7) is 4.84. The largest absolute Gasteiger partial charge is 0.462 e. The van der Waals surface area contributed by atoms with Gasteiger partial charge in [-0.25, -0.2) is 9.78 Å². The summed E-state index contributed by atoms with van der Waals surface area (Å²) in [5.74, 6) is 0.0867. The lowest BCUT2D eigenvalue weighted by molar-refractivity contribution is 0.0527. The fourth-order valence-corrected chi connectivity index (χ4v) is 1.41. The topological polar surface area (TPSA) is 80.5 Å². The van der Waals surface area contributed by atoms with E-state index in [-0.39, 0.29) is 0 Å². The van der Waals surface area contributed by atoms with E-state index in [1.54, 1.807) is 13.0 Å². The Hall–Kier alpha value is -1.82. The van der Waals surface area contributed by atoms with Gasteiger partial charge in [0.2, 0.25) is 0 Å². The average Bonchev–Trinajstić information content (AvgIpc) is 2.36. The first-order valence-electron chi connectivity index (χ1n) is 6.28. The first-order chi connectivity index (χ1) is 8.95. The fourth-order valence-electron chi connectivity index (χ4n) is 1.41. The van der Waals surface area contributed by atoms with E-state index in [9.17, 15) is 4.79 Å². The van der Waals surface area contributed by atoms with Crippen LogP contribution in [0.15, 0.2) is 12.3 Å². The highest BCUT2D eigenvalue weighted by Gasteiger charge is 2.15. The number of nitrogens with one attached hydrogen (secondary N) is 1. The fraction of sp³-hybridized carbons (Fsp3) is 0.538. The van der Waals surface area contributed by atoms with Gasteiger partial charge in [-0.05, 0) is 34.0 Å². The van der Waals surface area contributed by atoms with E-state index in [2.05, 4.69) is 22.1 Å². The highest BCUT2D eigenvalue weighted by molar-refractivity contribution is 5.95. The Morgan fingerprint density at radius 1 is 1.58 bits per heavy atom. The maximum absolute atomic E-state index is 11.8. The third kappa shape index (κ3) is 4.40. The van der Waals surface area contributed by atoms with Gasteiger partial charge >= 0.3 is 5.97 Å². The van der Waals surface area contributed by atoms with Crippen molar-refractivity contribution >= 4 is 17.5 Å². The number of esters is 1. The zero-order chi connectivity index (χ0) is 14.4. The number of rotatable bonds is 6. The first kappa shape index (κ1) is 15.2. The van der Waals surface area contributed by atoms with Crippen LogP contribution in [-0.2, 0) is 4.74 Å². The summed E-state index contributed by atoms with van der Waals surface area (Å²) in [7, 11) is 3.99. The van der Waals surface area contributed by atoms with Crippen LogP contribution in [0.25, 0.3) is 0 Å². The highest BCUT2D eigenvalue weighted by Crippen LogP contribution is 2.17. The van der Waals surface area contributed by atoms with E-state index in [1.807, 2.05) is 14.1 Å². The Balaban J connectivity index is 2.85. The molecule has 0 fully saturated rings. The molecular weight excluding hydrogens is 244 g/mol. The third-order valence-corrected chi connectivity index (χ3v) is 2.85. The van der Waals surface area contributed by atoms with E-state index in [0.29, 0.717) is 36.3 Å². The number of ether oxygens (including phenoxy) is 1. The van der Waals surface area contributed by atoms with E-state index in [0.717, 1.165) is 0 Å². The molecule has 106 valence electrons. The Kier molecular flexibility index (Phi) is 5.57. The number of aromatic nitrogens is 1. The molecule has 0 spiro atoms. The van der Waals surface area contributed by atoms with Gasteiger partial charge in [0.05, 0.1) is 18.5 Å². The normalized spacial score (nSPS) is 12.3. The van der Waals surface area contributed by atoms with Gasteiger partial charge in [-0.15, -0.1) is 0 Å². The van der Waals surface area contributed by atoms with E-state index in [4.69, 9.17) is 10.5 Å². The summed E-state index contributed by atoms with van der Waals surface area (Å²) in [4.78, 5) is 18.1. The minimum Gasteiger partial charge on any atom is -0.462 e. The van der Waals surface area contributed by atoms with Crippen LogP contribution in [0.1, 0.15) is 24.2 Å². The predicted molar refractivity (Wildman–Crippen MR) is 76.2 cm³/mol. The molecule has 1 rings (SSSR count). The Labute approximate surface area is 113 Å². The molecular formula is C13H22N4O2. The van der Waals surface area contributed by atoms with Crippen LogP contribution < -0.4 is 11.1 Å². The minimum absolute atomic E-state index is 0.314. The molecule has 0 radical (unpaired) electrons. The number of likely N-dealkylation sites (N-methyl/N-ethyl adjacent to an activating group) is 1. The smallest absolute Gasteiger partial charge is 0.341 e. The maximum Gasteiger partial charge on any atom is 0.341 e. The predicted octanol–water partition coefficient (Wildman–Crippen LogP) is 1.20. The van der Waals surface area contributed by atoms with Crippen LogP contribution in [0.3, 0.4) is 0 Å². The summed E-state index contributed by atoms with van der Waals surface area (Å²) >= 11 is 0. The molecule has 6 nitrogen and oxygen atoms in total. The molecule has 1 atom stereocenters. The molecule has 0 aliphatic rings. The third-order valence-electron chi connectivity index (χ3n) is 2.85. The van der Waals surface area contributed by atoms with Crippen LogP contribution in [0.4, 0.5) is 11.5 Å². The number of nitrogens with two attached hydrogens (primary N) is 1. The minimum atomic E-state index is -0.415. The van der Waals surface area contributed by atoms with Gasteiger partial charge in [-0.1, -0.05) is 0 Å². The Morgan fingerprint density at radius 3 is 2.84 bits per heavy atom. The SMILES string of the molecule is CCOC(=O)c1cc(N)cnc1NCC(C)N(C)C. The molecule has 0 saturated carbocycles. The molecule has 6 heteroatoms. The maximum atomic E-state index is 11.8. The van der Waals surface area contributed by atoms with Gasteiger partial charge in [0.1, 0.15) is 11.4 Å². The molecule has 1 aromatic heterocycles. The van der Waals surface area contributed by atoms with Crippen molar-refractivity contribution in [2.45, 2.75) is 19.9 Å². The zero-order valence-electron chi connectivity index (χ0n) is 11.9. The van der Waals surface area contributed by atoms with Crippen LogP contribution in [0.5, 0.6) is 0 Å². The number of carbonyl (C=O) groups is 1. The number of carbonyl (C=O) groups excluding carboxylic acids is 1. The Morgan fingerprint density at radius 2 is 2.26 bits per heavy atom. The standard InChI is InChI=1S/C13H22N4O2/c1-5-19-13(18)11-6-10(14)8-16-12(11)15-7-9(2)17(3)4/h6,8-9H,5,7,14H2,1-4H3,(H,15,16).